The van der Waals surface area contributed by atoms with Crippen LogP contribution < -0.4 is 14.8 Å². The molecule has 1 N–H and O–H groups in total. The molecule has 0 bridgehead atoms. The van der Waals surface area contributed by atoms with Crippen LogP contribution in [-0.4, -0.2) is 24.6 Å². The van der Waals surface area contributed by atoms with Crippen LogP contribution in [-0.2, 0) is 17.6 Å². The molecule has 0 radical (unpaired) electrons. The normalized spacial score (nSPS) is 10.8. The monoisotopic (exact) mass is 384 g/mol. The molecular formula is C21H24N2O3S. The standard InChI is InChI=1S/C21H24N2O3S/c1-4-14-6-9-16-19(13-14)27-21(22-16)23-20(24)11-8-15-7-10-17(26-5-2)18(12-15)25-3/h6-7,9-10,12-13H,4-5,8,11H2,1-3H3,(H,22,23,24). The van der Waals surface area contributed by atoms with E-state index in [1.807, 2.05) is 31.2 Å². The Bertz CT molecular complexity index is 936. The Morgan fingerprint density at radius 3 is 2.67 bits per heavy atom. The average Bonchev–Trinajstić information content (AvgIpc) is 3.08. The van der Waals surface area contributed by atoms with Gasteiger partial charge in [0.2, 0.25) is 5.91 Å². The lowest BCUT2D eigenvalue weighted by Crippen LogP contribution is -2.12. The summed E-state index contributed by atoms with van der Waals surface area (Å²) in [5.41, 5.74) is 3.22. The van der Waals surface area contributed by atoms with Crippen LogP contribution in [0.2, 0.25) is 0 Å². The van der Waals surface area contributed by atoms with E-state index in [9.17, 15) is 4.79 Å². The summed E-state index contributed by atoms with van der Waals surface area (Å²) in [6.07, 6.45) is 1.99. The summed E-state index contributed by atoms with van der Waals surface area (Å²) >= 11 is 1.51. The molecule has 0 atom stereocenters. The highest BCUT2D eigenvalue weighted by Gasteiger charge is 2.10. The first-order valence-electron chi connectivity index (χ1n) is 9.12. The summed E-state index contributed by atoms with van der Waals surface area (Å²) in [4.78, 5) is 16.8. The largest absolute Gasteiger partial charge is 0.493 e. The highest BCUT2D eigenvalue weighted by molar-refractivity contribution is 7.22. The smallest absolute Gasteiger partial charge is 0.226 e. The molecule has 142 valence electrons. The Balaban J connectivity index is 1.61. The van der Waals surface area contributed by atoms with Crippen molar-refractivity contribution in [1.82, 2.24) is 4.98 Å². The number of amides is 1. The summed E-state index contributed by atoms with van der Waals surface area (Å²) in [6, 6.07) is 12.0. The lowest BCUT2D eigenvalue weighted by atomic mass is 10.1. The molecule has 27 heavy (non-hydrogen) atoms. The number of anilines is 1. The van der Waals surface area contributed by atoms with Crippen molar-refractivity contribution < 1.29 is 14.3 Å². The molecule has 1 aromatic heterocycles. The molecule has 0 saturated carbocycles. The number of hydrogen-bond acceptors (Lipinski definition) is 5. The first kappa shape index (κ1) is 19.2. The van der Waals surface area contributed by atoms with Gasteiger partial charge in [0.25, 0.3) is 0 Å². The fraction of sp³-hybridized carbons (Fsp3) is 0.333. The van der Waals surface area contributed by atoms with Crippen LogP contribution in [0, 0.1) is 0 Å². The molecule has 3 aromatic rings. The van der Waals surface area contributed by atoms with Crippen molar-refractivity contribution in [1.29, 1.82) is 0 Å². The third kappa shape index (κ3) is 4.77. The maximum absolute atomic E-state index is 12.3. The first-order valence-corrected chi connectivity index (χ1v) is 9.93. The second-order valence-electron chi connectivity index (χ2n) is 6.14. The van der Waals surface area contributed by atoms with Gasteiger partial charge < -0.3 is 14.8 Å². The van der Waals surface area contributed by atoms with E-state index in [-0.39, 0.29) is 5.91 Å². The lowest BCUT2D eigenvalue weighted by molar-refractivity contribution is -0.116. The van der Waals surface area contributed by atoms with Gasteiger partial charge in [0, 0.05) is 6.42 Å². The van der Waals surface area contributed by atoms with Crippen molar-refractivity contribution >= 4 is 32.6 Å². The van der Waals surface area contributed by atoms with E-state index in [4.69, 9.17) is 9.47 Å². The van der Waals surface area contributed by atoms with Crippen LogP contribution in [0.4, 0.5) is 5.13 Å². The maximum Gasteiger partial charge on any atom is 0.226 e. The Labute approximate surface area is 163 Å². The number of fused-ring (bicyclic) bond motifs is 1. The number of carbonyl (C=O) groups excluding carboxylic acids is 1. The van der Waals surface area contributed by atoms with Gasteiger partial charge in [-0.25, -0.2) is 4.98 Å². The molecule has 1 heterocycles. The summed E-state index contributed by atoms with van der Waals surface area (Å²) in [7, 11) is 1.62. The molecule has 0 aliphatic heterocycles. The third-order valence-corrected chi connectivity index (χ3v) is 5.21. The topological polar surface area (TPSA) is 60.5 Å². The van der Waals surface area contributed by atoms with E-state index in [0.29, 0.717) is 36.1 Å². The average molecular weight is 385 g/mol. The van der Waals surface area contributed by atoms with E-state index in [1.54, 1.807) is 7.11 Å². The number of rotatable bonds is 8. The highest BCUT2D eigenvalue weighted by atomic mass is 32.1. The van der Waals surface area contributed by atoms with Gasteiger partial charge in [-0.3, -0.25) is 4.79 Å². The number of nitrogens with zero attached hydrogens (tertiary/aromatic N) is 1. The van der Waals surface area contributed by atoms with Crippen molar-refractivity contribution in [3.8, 4) is 11.5 Å². The Hall–Kier alpha value is -2.60. The van der Waals surface area contributed by atoms with Gasteiger partial charge >= 0.3 is 0 Å². The highest BCUT2D eigenvalue weighted by Crippen LogP contribution is 2.29. The van der Waals surface area contributed by atoms with E-state index >= 15 is 0 Å². The number of benzene rings is 2. The number of nitrogens with one attached hydrogen (secondary N) is 1. The van der Waals surface area contributed by atoms with E-state index < -0.39 is 0 Å². The molecule has 0 unspecified atom stereocenters. The minimum atomic E-state index is -0.0439. The number of thiazole rings is 1. The van der Waals surface area contributed by atoms with Crippen molar-refractivity contribution in [2.24, 2.45) is 0 Å². The Morgan fingerprint density at radius 1 is 1.11 bits per heavy atom. The van der Waals surface area contributed by atoms with Crippen LogP contribution in [0.3, 0.4) is 0 Å². The Morgan fingerprint density at radius 2 is 1.93 bits per heavy atom. The zero-order valence-electron chi connectivity index (χ0n) is 15.9. The van der Waals surface area contributed by atoms with Gasteiger partial charge in [-0.1, -0.05) is 30.4 Å². The van der Waals surface area contributed by atoms with Crippen molar-refractivity contribution in [2.75, 3.05) is 19.0 Å². The Kier molecular flexibility index (Phi) is 6.29. The van der Waals surface area contributed by atoms with Gasteiger partial charge in [-0.15, -0.1) is 0 Å². The SMILES string of the molecule is CCOc1ccc(CCC(=O)Nc2nc3ccc(CC)cc3s2)cc1OC. The predicted molar refractivity (Wildman–Crippen MR) is 110 cm³/mol. The maximum atomic E-state index is 12.3. The second kappa shape index (κ2) is 8.86. The van der Waals surface area contributed by atoms with Crippen molar-refractivity contribution in [2.45, 2.75) is 33.1 Å². The summed E-state index contributed by atoms with van der Waals surface area (Å²) in [6.45, 7) is 4.64. The molecular weight excluding hydrogens is 360 g/mol. The van der Waals surface area contributed by atoms with Gasteiger partial charge in [-0.2, -0.15) is 0 Å². The van der Waals surface area contributed by atoms with E-state index in [0.717, 1.165) is 22.2 Å². The summed E-state index contributed by atoms with van der Waals surface area (Å²) in [5.74, 6) is 1.36. The number of carbonyl (C=O) groups is 1. The zero-order valence-corrected chi connectivity index (χ0v) is 16.7. The van der Waals surface area contributed by atoms with Gasteiger partial charge in [0.05, 0.1) is 23.9 Å². The molecule has 0 fully saturated rings. The zero-order chi connectivity index (χ0) is 19.2. The van der Waals surface area contributed by atoms with Crippen LogP contribution in [0.1, 0.15) is 31.4 Å². The molecule has 6 heteroatoms. The third-order valence-electron chi connectivity index (χ3n) is 4.28. The minimum absolute atomic E-state index is 0.0439. The van der Waals surface area contributed by atoms with Crippen LogP contribution in [0.25, 0.3) is 10.2 Å². The fourth-order valence-corrected chi connectivity index (χ4v) is 3.77. The van der Waals surface area contributed by atoms with Gasteiger partial charge in [0.1, 0.15) is 0 Å². The number of ether oxygens (including phenoxy) is 2. The quantitative estimate of drug-likeness (QED) is 0.604. The summed E-state index contributed by atoms with van der Waals surface area (Å²) < 4.78 is 12.0. The molecule has 1 amide bonds. The van der Waals surface area contributed by atoms with Crippen LogP contribution in [0.5, 0.6) is 11.5 Å². The second-order valence-corrected chi connectivity index (χ2v) is 7.17. The molecule has 3 rings (SSSR count). The van der Waals surface area contributed by atoms with E-state index in [2.05, 4.69) is 29.4 Å². The molecule has 0 aliphatic rings. The summed E-state index contributed by atoms with van der Waals surface area (Å²) in [5, 5.41) is 3.56. The molecule has 2 aromatic carbocycles. The van der Waals surface area contributed by atoms with Gasteiger partial charge in [0.15, 0.2) is 16.6 Å². The number of aromatic nitrogens is 1. The molecule has 0 saturated heterocycles. The number of hydrogen-bond donors (Lipinski definition) is 1. The first-order chi connectivity index (χ1) is 13.1. The van der Waals surface area contributed by atoms with Crippen LogP contribution in [0.15, 0.2) is 36.4 Å². The molecule has 5 nitrogen and oxygen atoms in total. The predicted octanol–water partition coefficient (Wildman–Crippen LogP) is 4.84. The van der Waals surface area contributed by atoms with Gasteiger partial charge in [-0.05, 0) is 55.2 Å². The molecule has 0 aliphatic carbocycles. The minimum Gasteiger partial charge on any atom is -0.493 e. The van der Waals surface area contributed by atoms with Crippen molar-refractivity contribution in [3.63, 3.8) is 0 Å². The lowest BCUT2D eigenvalue weighted by Gasteiger charge is -2.10. The molecule has 0 spiro atoms. The number of methoxy groups -OCH3 is 1. The van der Waals surface area contributed by atoms with E-state index in [1.165, 1.54) is 16.9 Å². The van der Waals surface area contributed by atoms with Crippen LogP contribution >= 0.6 is 11.3 Å². The number of aryl methyl sites for hydroxylation is 2. The van der Waals surface area contributed by atoms with Crippen molar-refractivity contribution in [3.05, 3.63) is 47.5 Å². The fourth-order valence-electron chi connectivity index (χ4n) is 2.82.